The molecule has 2 heterocycles. The molecule has 1 aromatic heterocycles. The number of carbonyl (C=O) groups is 2. The van der Waals surface area contributed by atoms with Crippen LogP contribution < -0.4 is 11.1 Å². The van der Waals surface area contributed by atoms with Crippen molar-refractivity contribution in [3.8, 4) is 0 Å². The number of H-pyrrole nitrogens is 1. The van der Waals surface area contributed by atoms with Crippen LogP contribution in [-0.2, 0) is 4.79 Å². The Balaban J connectivity index is 1.45. The van der Waals surface area contributed by atoms with Gasteiger partial charge in [-0.05, 0) is 38.5 Å². The lowest BCUT2D eigenvalue weighted by Crippen LogP contribution is -2.48. The molecule has 0 bridgehead atoms. The number of piperidine rings is 1. The highest BCUT2D eigenvalue weighted by Gasteiger charge is 2.31. The van der Waals surface area contributed by atoms with Crippen molar-refractivity contribution in [3.05, 3.63) is 12.2 Å². The zero-order valence-corrected chi connectivity index (χ0v) is 13.2. The van der Waals surface area contributed by atoms with Crippen molar-refractivity contribution in [1.82, 2.24) is 25.4 Å². The van der Waals surface area contributed by atoms with Gasteiger partial charge in [0.15, 0.2) is 0 Å². The van der Waals surface area contributed by atoms with Crippen LogP contribution in [-0.4, -0.2) is 57.1 Å². The highest BCUT2D eigenvalue weighted by molar-refractivity contribution is 5.90. The minimum Gasteiger partial charge on any atom is -0.346 e. The first-order valence-electron chi connectivity index (χ1n) is 8.34. The maximum absolute atomic E-state index is 12.5. The molecule has 23 heavy (non-hydrogen) atoms. The number of nitrogens with zero attached hydrogens (tertiary/aromatic N) is 3. The molecule has 0 atom stereocenters. The molecule has 0 unspecified atom stereocenters. The molecule has 0 aromatic carbocycles. The molecular weight excluding hydrogens is 296 g/mol. The van der Waals surface area contributed by atoms with E-state index in [0.29, 0.717) is 13.1 Å². The van der Waals surface area contributed by atoms with Crippen molar-refractivity contribution in [2.24, 2.45) is 11.7 Å². The van der Waals surface area contributed by atoms with E-state index in [1.54, 1.807) is 0 Å². The number of aromatic nitrogens is 3. The van der Waals surface area contributed by atoms with E-state index >= 15 is 0 Å². The van der Waals surface area contributed by atoms with Crippen LogP contribution in [0, 0.1) is 5.92 Å². The minimum atomic E-state index is -0.242. The predicted octanol–water partition coefficient (Wildman–Crippen LogP) is 0.0430. The minimum absolute atomic E-state index is 0.0800. The average molecular weight is 320 g/mol. The number of hydrogen-bond acceptors (Lipinski definition) is 5. The molecule has 2 amide bonds. The maximum atomic E-state index is 12.5. The Morgan fingerprint density at radius 1 is 1.17 bits per heavy atom. The van der Waals surface area contributed by atoms with Gasteiger partial charge in [-0.15, -0.1) is 10.2 Å². The quantitative estimate of drug-likeness (QED) is 0.727. The van der Waals surface area contributed by atoms with Crippen LogP contribution in [0.1, 0.15) is 49.1 Å². The molecule has 2 aliphatic rings. The Morgan fingerprint density at radius 2 is 1.87 bits per heavy atom. The summed E-state index contributed by atoms with van der Waals surface area (Å²) in [6, 6.07) is 0.340. The molecule has 1 aromatic rings. The Hall–Kier alpha value is -1.96. The molecule has 0 spiro atoms. The van der Waals surface area contributed by atoms with Gasteiger partial charge in [-0.1, -0.05) is 0 Å². The summed E-state index contributed by atoms with van der Waals surface area (Å²) in [7, 11) is 0. The lowest BCUT2D eigenvalue weighted by Gasteiger charge is -2.36. The molecule has 8 heteroatoms. The van der Waals surface area contributed by atoms with Crippen molar-refractivity contribution < 1.29 is 9.59 Å². The molecule has 8 nitrogen and oxygen atoms in total. The van der Waals surface area contributed by atoms with Crippen LogP contribution >= 0.6 is 0 Å². The van der Waals surface area contributed by atoms with Gasteiger partial charge in [0.2, 0.25) is 11.7 Å². The number of rotatable bonds is 3. The number of amides is 2. The molecule has 1 aliphatic carbocycles. The maximum Gasteiger partial charge on any atom is 0.289 e. The molecule has 1 saturated carbocycles. The van der Waals surface area contributed by atoms with Gasteiger partial charge in [0.05, 0.1) is 0 Å². The molecule has 4 N–H and O–H groups in total. The molecular formula is C15H24N6O2. The largest absolute Gasteiger partial charge is 0.346 e. The second kappa shape index (κ2) is 7.08. The van der Waals surface area contributed by atoms with E-state index in [-0.39, 0.29) is 35.6 Å². The zero-order valence-electron chi connectivity index (χ0n) is 13.2. The molecule has 1 saturated heterocycles. The topological polar surface area (TPSA) is 117 Å². The number of nitrogens with two attached hydrogens (primary N) is 1. The van der Waals surface area contributed by atoms with Gasteiger partial charge < -0.3 is 20.9 Å². The number of aromatic amines is 1. The highest BCUT2D eigenvalue weighted by Crippen LogP contribution is 2.26. The van der Waals surface area contributed by atoms with Gasteiger partial charge >= 0.3 is 0 Å². The molecule has 3 rings (SSSR count). The van der Waals surface area contributed by atoms with Crippen molar-refractivity contribution in [3.63, 3.8) is 0 Å². The summed E-state index contributed by atoms with van der Waals surface area (Å²) < 4.78 is 0. The van der Waals surface area contributed by atoms with E-state index in [1.807, 2.05) is 4.90 Å². The lowest BCUT2D eigenvalue weighted by atomic mass is 9.85. The van der Waals surface area contributed by atoms with Crippen molar-refractivity contribution >= 4 is 11.8 Å². The molecule has 2 fully saturated rings. The third kappa shape index (κ3) is 3.87. The summed E-state index contributed by atoms with van der Waals surface area (Å²) in [4.78, 5) is 29.1. The van der Waals surface area contributed by atoms with Crippen LogP contribution in [0.4, 0.5) is 0 Å². The van der Waals surface area contributed by atoms with E-state index in [2.05, 4.69) is 20.5 Å². The highest BCUT2D eigenvalue weighted by atomic mass is 16.2. The number of likely N-dealkylation sites (tertiary alicyclic amines) is 1. The van der Waals surface area contributed by atoms with Gasteiger partial charge in [-0.25, -0.2) is 0 Å². The third-order valence-corrected chi connectivity index (χ3v) is 4.89. The second-order valence-electron chi connectivity index (χ2n) is 6.52. The van der Waals surface area contributed by atoms with Crippen molar-refractivity contribution in [1.29, 1.82) is 0 Å². The fourth-order valence-corrected chi connectivity index (χ4v) is 3.44. The van der Waals surface area contributed by atoms with E-state index in [9.17, 15) is 9.59 Å². The van der Waals surface area contributed by atoms with Gasteiger partial charge in [-0.3, -0.25) is 9.59 Å². The first-order chi connectivity index (χ1) is 11.1. The van der Waals surface area contributed by atoms with Crippen LogP contribution in [0.2, 0.25) is 0 Å². The Labute approximate surface area is 135 Å². The van der Waals surface area contributed by atoms with Gasteiger partial charge in [0.1, 0.15) is 6.33 Å². The first-order valence-corrected chi connectivity index (χ1v) is 8.34. The Kier molecular flexibility index (Phi) is 4.90. The predicted molar refractivity (Wildman–Crippen MR) is 83.4 cm³/mol. The smallest absolute Gasteiger partial charge is 0.289 e. The van der Waals surface area contributed by atoms with Crippen LogP contribution in [0.25, 0.3) is 0 Å². The summed E-state index contributed by atoms with van der Waals surface area (Å²) in [5, 5.41) is 10.2. The monoisotopic (exact) mass is 320 g/mol. The normalized spacial score (nSPS) is 26.0. The van der Waals surface area contributed by atoms with Crippen molar-refractivity contribution in [2.75, 3.05) is 13.1 Å². The number of carbonyl (C=O) groups excluding carboxylic acids is 2. The van der Waals surface area contributed by atoms with Gasteiger partial charge in [-0.2, -0.15) is 0 Å². The number of hydrogen-bond donors (Lipinski definition) is 3. The van der Waals surface area contributed by atoms with E-state index in [4.69, 9.17) is 5.73 Å². The number of nitrogens with one attached hydrogen (secondary N) is 2. The summed E-state index contributed by atoms with van der Waals surface area (Å²) in [5.41, 5.74) is 5.90. The SMILES string of the molecule is N[C@H]1CC[C@H](C(=O)N2CCC(NC(=O)c3nnc[nH]3)CC2)CC1. The first kappa shape index (κ1) is 15.9. The summed E-state index contributed by atoms with van der Waals surface area (Å²) in [6.45, 7) is 1.39. The van der Waals surface area contributed by atoms with Crippen LogP contribution in [0.5, 0.6) is 0 Å². The summed E-state index contributed by atoms with van der Waals surface area (Å²) >= 11 is 0. The second-order valence-corrected chi connectivity index (χ2v) is 6.52. The van der Waals surface area contributed by atoms with E-state index in [1.165, 1.54) is 6.33 Å². The van der Waals surface area contributed by atoms with E-state index < -0.39 is 0 Å². The third-order valence-electron chi connectivity index (χ3n) is 4.89. The van der Waals surface area contributed by atoms with Crippen molar-refractivity contribution in [2.45, 2.75) is 50.6 Å². The average Bonchev–Trinajstić information content (AvgIpc) is 3.10. The molecule has 1 aliphatic heterocycles. The summed E-state index contributed by atoms with van der Waals surface area (Å²) in [5.74, 6) is 0.377. The fourth-order valence-electron chi connectivity index (χ4n) is 3.44. The Bertz CT molecular complexity index is 530. The standard InChI is InChI=1S/C15H24N6O2/c16-11-3-1-10(2-4-11)15(23)21-7-5-12(6-8-21)19-14(22)13-17-9-18-20-13/h9-12H,1-8,16H2,(H,19,22)(H,17,18,20)/t10-,11-. The van der Waals surface area contributed by atoms with Crippen LogP contribution in [0.3, 0.4) is 0 Å². The fraction of sp³-hybridized carbons (Fsp3) is 0.733. The van der Waals surface area contributed by atoms with Gasteiger partial charge in [0, 0.05) is 31.1 Å². The molecule has 0 radical (unpaired) electrons. The van der Waals surface area contributed by atoms with Gasteiger partial charge in [0.25, 0.3) is 5.91 Å². The lowest BCUT2D eigenvalue weighted by molar-refractivity contribution is -0.137. The Morgan fingerprint density at radius 3 is 2.48 bits per heavy atom. The van der Waals surface area contributed by atoms with E-state index in [0.717, 1.165) is 38.5 Å². The zero-order chi connectivity index (χ0) is 16.2. The molecule has 126 valence electrons. The van der Waals surface area contributed by atoms with Crippen LogP contribution in [0.15, 0.2) is 6.33 Å². The summed E-state index contributed by atoms with van der Waals surface area (Å²) in [6.07, 6.45) is 6.63.